The molecule has 0 aliphatic heterocycles. The van der Waals surface area contributed by atoms with Gasteiger partial charge in [-0.3, -0.25) is 4.79 Å². The molecule has 0 aromatic heterocycles. The smallest absolute Gasteiger partial charge is 0.182 e. The van der Waals surface area contributed by atoms with Gasteiger partial charge in [-0.1, -0.05) is 60.7 Å². The fourth-order valence-corrected chi connectivity index (χ4v) is 1.97. The van der Waals surface area contributed by atoms with Gasteiger partial charge in [-0.05, 0) is 17.5 Å². The van der Waals surface area contributed by atoms with Gasteiger partial charge in [0.1, 0.15) is 6.10 Å². The SMILES string of the molecule is NC(Cc1ccccc1)C(=O)C(O)c1ccccc1. The molecule has 2 atom stereocenters. The average Bonchev–Trinajstić information content (AvgIpc) is 2.47. The summed E-state index contributed by atoms with van der Waals surface area (Å²) < 4.78 is 0. The molecular weight excluding hydrogens is 238 g/mol. The minimum Gasteiger partial charge on any atom is -0.380 e. The largest absolute Gasteiger partial charge is 0.380 e. The summed E-state index contributed by atoms with van der Waals surface area (Å²) in [4.78, 5) is 12.1. The van der Waals surface area contributed by atoms with Gasteiger partial charge in [0.05, 0.1) is 6.04 Å². The van der Waals surface area contributed by atoms with Crippen LogP contribution in [-0.4, -0.2) is 16.9 Å². The highest BCUT2D eigenvalue weighted by Gasteiger charge is 2.23. The lowest BCUT2D eigenvalue weighted by Crippen LogP contribution is -2.36. The molecule has 0 saturated heterocycles. The van der Waals surface area contributed by atoms with Gasteiger partial charge in [-0.15, -0.1) is 0 Å². The van der Waals surface area contributed by atoms with Crippen LogP contribution in [0.4, 0.5) is 0 Å². The van der Waals surface area contributed by atoms with Crippen LogP contribution in [0.2, 0.25) is 0 Å². The summed E-state index contributed by atoms with van der Waals surface area (Å²) in [7, 11) is 0. The van der Waals surface area contributed by atoms with Gasteiger partial charge in [0.2, 0.25) is 0 Å². The zero-order valence-corrected chi connectivity index (χ0v) is 10.6. The molecule has 0 aliphatic rings. The van der Waals surface area contributed by atoms with Crippen LogP contribution in [-0.2, 0) is 11.2 Å². The molecule has 2 rings (SSSR count). The number of benzene rings is 2. The summed E-state index contributed by atoms with van der Waals surface area (Å²) >= 11 is 0. The van der Waals surface area contributed by atoms with E-state index in [-0.39, 0.29) is 5.78 Å². The summed E-state index contributed by atoms with van der Waals surface area (Å²) in [5.41, 5.74) is 7.45. The molecule has 0 amide bonds. The fourth-order valence-electron chi connectivity index (χ4n) is 1.97. The molecule has 19 heavy (non-hydrogen) atoms. The standard InChI is InChI=1S/C16H17NO2/c17-14(11-12-7-3-1-4-8-12)16(19)15(18)13-9-5-2-6-10-13/h1-10,14-15,18H,11,17H2. The summed E-state index contributed by atoms with van der Waals surface area (Å²) in [6.45, 7) is 0. The third-order valence-electron chi connectivity index (χ3n) is 3.05. The molecule has 0 bridgehead atoms. The Balaban J connectivity index is 2.03. The second-order valence-corrected chi connectivity index (χ2v) is 4.51. The first kappa shape index (κ1) is 13.5. The van der Waals surface area contributed by atoms with Gasteiger partial charge in [0, 0.05) is 0 Å². The third kappa shape index (κ3) is 3.50. The number of ketones is 1. The Morgan fingerprint density at radius 3 is 2.11 bits per heavy atom. The van der Waals surface area contributed by atoms with Crippen molar-refractivity contribution in [2.45, 2.75) is 18.6 Å². The molecule has 2 aromatic rings. The number of hydrogen-bond acceptors (Lipinski definition) is 3. The number of carbonyl (C=O) groups excluding carboxylic acids is 1. The molecule has 0 radical (unpaired) electrons. The predicted octanol–water partition coefficient (Wildman–Crippen LogP) is 1.86. The van der Waals surface area contributed by atoms with Gasteiger partial charge >= 0.3 is 0 Å². The highest BCUT2D eigenvalue weighted by atomic mass is 16.3. The van der Waals surface area contributed by atoms with Gasteiger partial charge in [-0.2, -0.15) is 0 Å². The van der Waals surface area contributed by atoms with E-state index in [9.17, 15) is 9.90 Å². The van der Waals surface area contributed by atoms with Crippen molar-refractivity contribution in [1.82, 2.24) is 0 Å². The van der Waals surface area contributed by atoms with Crippen molar-refractivity contribution in [3.05, 3.63) is 71.8 Å². The Labute approximate surface area is 112 Å². The van der Waals surface area contributed by atoms with Crippen LogP contribution >= 0.6 is 0 Å². The van der Waals surface area contributed by atoms with E-state index in [1.165, 1.54) is 0 Å². The van der Waals surface area contributed by atoms with E-state index < -0.39 is 12.1 Å². The monoisotopic (exact) mass is 255 g/mol. The van der Waals surface area contributed by atoms with Crippen LogP contribution in [0.25, 0.3) is 0 Å². The van der Waals surface area contributed by atoms with Crippen molar-refractivity contribution < 1.29 is 9.90 Å². The predicted molar refractivity (Wildman–Crippen MR) is 74.5 cm³/mol. The van der Waals surface area contributed by atoms with Crippen molar-refractivity contribution in [3.8, 4) is 0 Å². The minimum absolute atomic E-state index is 0.352. The molecule has 98 valence electrons. The van der Waals surface area contributed by atoms with E-state index >= 15 is 0 Å². The van der Waals surface area contributed by atoms with Crippen LogP contribution in [0.15, 0.2) is 60.7 Å². The molecule has 0 aliphatic carbocycles. The first-order valence-corrected chi connectivity index (χ1v) is 6.24. The van der Waals surface area contributed by atoms with Crippen LogP contribution in [0, 0.1) is 0 Å². The second kappa shape index (κ2) is 6.27. The van der Waals surface area contributed by atoms with E-state index in [4.69, 9.17) is 5.73 Å². The lowest BCUT2D eigenvalue weighted by atomic mass is 9.96. The lowest BCUT2D eigenvalue weighted by molar-refractivity contribution is -0.128. The van der Waals surface area contributed by atoms with Crippen molar-refractivity contribution in [3.63, 3.8) is 0 Å². The van der Waals surface area contributed by atoms with Gasteiger partial charge in [0.25, 0.3) is 0 Å². The van der Waals surface area contributed by atoms with Crippen LogP contribution < -0.4 is 5.73 Å². The Bertz CT molecular complexity index is 525. The average molecular weight is 255 g/mol. The van der Waals surface area contributed by atoms with Gasteiger partial charge in [0.15, 0.2) is 5.78 Å². The summed E-state index contributed by atoms with van der Waals surface area (Å²) in [6.07, 6.45) is -0.719. The molecular formula is C16H17NO2. The van der Waals surface area contributed by atoms with E-state index in [1.54, 1.807) is 24.3 Å². The summed E-state index contributed by atoms with van der Waals surface area (Å²) in [5.74, 6) is -0.352. The number of aliphatic hydroxyl groups is 1. The highest BCUT2D eigenvalue weighted by molar-refractivity contribution is 5.89. The molecule has 3 heteroatoms. The number of nitrogens with two attached hydrogens (primary N) is 1. The van der Waals surface area contributed by atoms with Crippen molar-refractivity contribution in [1.29, 1.82) is 0 Å². The molecule has 0 fully saturated rings. The minimum atomic E-state index is -1.15. The number of hydrogen-bond donors (Lipinski definition) is 2. The topological polar surface area (TPSA) is 63.3 Å². The number of Topliss-reactive ketones (excluding diaryl/α,β-unsaturated/α-hetero) is 1. The van der Waals surface area contributed by atoms with E-state index in [2.05, 4.69) is 0 Å². The quantitative estimate of drug-likeness (QED) is 0.857. The summed E-state index contributed by atoms with van der Waals surface area (Å²) in [5, 5.41) is 10.0. The third-order valence-corrected chi connectivity index (χ3v) is 3.05. The van der Waals surface area contributed by atoms with Gasteiger partial charge < -0.3 is 10.8 Å². The molecule has 3 nitrogen and oxygen atoms in total. The fraction of sp³-hybridized carbons (Fsp3) is 0.188. The van der Waals surface area contributed by atoms with Crippen LogP contribution in [0.5, 0.6) is 0 Å². The van der Waals surface area contributed by atoms with Crippen molar-refractivity contribution >= 4 is 5.78 Å². The van der Waals surface area contributed by atoms with Crippen LogP contribution in [0.1, 0.15) is 17.2 Å². The summed E-state index contributed by atoms with van der Waals surface area (Å²) in [6, 6.07) is 17.7. The Hall–Kier alpha value is -1.97. The normalized spacial score (nSPS) is 13.8. The van der Waals surface area contributed by atoms with E-state index in [0.717, 1.165) is 5.56 Å². The second-order valence-electron chi connectivity index (χ2n) is 4.51. The Morgan fingerprint density at radius 1 is 1.00 bits per heavy atom. The van der Waals surface area contributed by atoms with Crippen LogP contribution in [0.3, 0.4) is 0 Å². The maximum absolute atomic E-state index is 12.1. The van der Waals surface area contributed by atoms with E-state index in [1.807, 2.05) is 36.4 Å². The lowest BCUT2D eigenvalue weighted by Gasteiger charge is -2.15. The maximum atomic E-state index is 12.1. The van der Waals surface area contributed by atoms with E-state index in [0.29, 0.717) is 12.0 Å². The molecule has 2 aromatic carbocycles. The first-order chi connectivity index (χ1) is 9.18. The Kier molecular flexibility index (Phi) is 4.44. The van der Waals surface area contributed by atoms with Crippen molar-refractivity contribution in [2.24, 2.45) is 5.73 Å². The number of aliphatic hydroxyl groups excluding tert-OH is 1. The molecule has 3 N–H and O–H groups in total. The van der Waals surface area contributed by atoms with Crippen molar-refractivity contribution in [2.75, 3.05) is 0 Å². The Morgan fingerprint density at radius 2 is 1.53 bits per heavy atom. The molecule has 0 spiro atoms. The maximum Gasteiger partial charge on any atom is 0.182 e. The first-order valence-electron chi connectivity index (χ1n) is 6.24. The van der Waals surface area contributed by atoms with Gasteiger partial charge in [-0.25, -0.2) is 0 Å². The molecule has 2 unspecified atom stereocenters. The molecule has 0 heterocycles. The number of carbonyl (C=O) groups is 1. The highest BCUT2D eigenvalue weighted by Crippen LogP contribution is 2.15. The molecule has 0 saturated carbocycles. The number of rotatable bonds is 5. The zero-order valence-electron chi connectivity index (χ0n) is 10.6. The zero-order chi connectivity index (χ0) is 13.7.